The van der Waals surface area contributed by atoms with Crippen molar-refractivity contribution < 1.29 is 22.2 Å². The minimum absolute atomic E-state index is 0.246. The van der Waals surface area contributed by atoms with E-state index in [1.807, 2.05) is 25.1 Å². The van der Waals surface area contributed by atoms with Crippen LogP contribution in [0.25, 0.3) is 0 Å². The van der Waals surface area contributed by atoms with E-state index >= 15 is 0 Å². The maximum atomic E-state index is 12.1. The number of esters is 1. The molecular weight excluding hydrogens is 388 g/mol. The van der Waals surface area contributed by atoms with E-state index in [1.165, 1.54) is 31.4 Å². The molecule has 0 heterocycles. The molecule has 0 aromatic heterocycles. The molecule has 0 aliphatic rings. The van der Waals surface area contributed by atoms with Gasteiger partial charge in [0, 0.05) is 4.90 Å². The summed E-state index contributed by atoms with van der Waals surface area (Å²) in [6.07, 6.45) is 0. The van der Waals surface area contributed by atoms with E-state index < -0.39 is 21.8 Å². The molecule has 0 aliphatic carbocycles. The van der Waals surface area contributed by atoms with Crippen molar-refractivity contribution in [2.75, 3.05) is 7.11 Å². The van der Waals surface area contributed by atoms with Gasteiger partial charge in [-0.1, -0.05) is 46.7 Å². The van der Waals surface area contributed by atoms with Crippen LogP contribution in [0.5, 0.6) is 0 Å². The molecular formula is C18H16N2O5S2. The standard InChI is InChI=1S/C18H16N2O5S2/c1-13-3-9-16(10-4-13)26-17(18(21)24-2)20-25-27(22,23)12-15-7-5-14(11-19)6-8-15/h3-10H,12H2,1-2H3. The highest BCUT2D eigenvalue weighted by Gasteiger charge is 2.19. The van der Waals surface area contributed by atoms with Gasteiger partial charge in [0.15, 0.2) is 0 Å². The monoisotopic (exact) mass is 404 g/mol. The number of oxime groups is 1. The van der Waals surface area contributed by atoms with Crippen LogP contribution in [-0.2, 0) is 29.7 Å². The molecule has 0 fully saturated rings. The Labute approximate surface area is 161 Å². The molecule has 0 unspecified atom stereocenters. The van der Waals surface area contributed by atoms with Crippen LogP contribution in [0.1, 0.15) is 16.7 Å². The van der Waals surface area contributed by atoms with Gasteiger partial charge in [-0.15, -0.1) is 0 Å². The second kappa shape index (κ2) is 9.21. The van der Waals surface area contributed by atoms with Crippen LogP contribution in [0, 0.1) is 18.3 Å². The molecule has 9 heteroatoms. The Morgan fingerprint density at radius 3 is 2.33 bits per heavy atom. The highest BCUT2D eigenvalue weighted by molar-refractivity contribution is 8.15. The van der Waals surface area contributed by atoms with Gasteiger partial charge >= 0.3 is 16.1 Å². The van der Waals surface area contributed by atoms with Gasteiger partial charge in [-0.05, 0) is 36.8 Å². The zero-order valence-corrected chi connectivity index (χ0v) is 16.2. The first-order chi connectivity index (χ1) is 12.8. The van der Waals surface area contributed by atoms with Gasteiger partial charge < -0.3 is 4.74 Å². The summed E-state index contributed by atoms with van der Waals surface area (Å²) in [5, 5.41) is 12.0. The van der Waals surface area contributed by atoms with Gasteiger partial charge in [0.1, 0.15) is 5.75 Å². The molecule has 0 N–H and O–H groups in total. The number of carbonyl (C=O) groups is 1. The fourth-order valence-corrected chi connectivity index (χ4v) is 3.52. The third-order valence-electron chi connectivity index (χ3n) is 3.26. The summed E-state index contributed by atoms with van der Waals surface area (Å²) in [6.45, 7) is 1.92. The van der Waals surface area contributed by atoms with Crippen LogP contribution in [-0.4, -0.2) is 26.5 Å². The molecule has 0 amide bonds. The van der Waals surface area contributed by atoms with Crippen LogP contribution in [0.15, 0.2) is 58.6 Å². The Morgan fingerprint density at radius 2 is 1.78 bits per heavy atom. The Kier molecular flexibility index (Phi) is 6.98. The molecule has 2 rings (SSSR count). The van der Waals surface area contributed by atoms with Crippen LogP contribution < -0.4 is 0 Å². The Bertz CT molecular complexity index is 976. The van der Waals surface area contributed by atoms with Crippen molar-refractivity contribution in [1.82, 2.24) is 0 Å². The molecule has 2 aromatic carbocycles. The summed E-state index contributed by atoms with van der Waals surface area (Å²) >= 11 is 0.932. The van der Waals surface area contributed by atoms with Gasteiger partial charge in [-0.3, -0.25) is 4.28 Å². The van der Waals surface area contributed by atoms with E-state index in [9.17, 15) is 13.2 Å². The molecule has 2 aromatic rings. The van der Waals surface area contributed by atoms with Gasteiger partial charge in [0.05, 0.1) is 18.7 Å². The number of carbonyl (C=O) groups excluding carboxylic acids is 1. The summed E-state index contributed by atoms with van der Waals surface area (Å²) in [7, 11) is -2.92. The lowest BCUT2D eigenvalue weighted by Crippen LogP contribution is -2.14. The molecule has 0 bridgehead atoms. The molecule has 140 valence electrons. The maximum absolute atomic E-state index is 12.1. The van der Waals surface area contributed by atoms with Crippen molar-refractivity contribution >= 4 is 32.9 Å². The van der Waals surface area contributed by atoms with Crippen molar-refractivity contribution in [2.24, 2.45) is 5.16 Å². The number of nitriles is 1. The molecule has 27 heavy (non-hydrogen) atoms. The molecule has 0 saturated heterocycles. The molecule has 7 nitrogen and oxygen atoms in total. The predicted molar refractivity (Wildman–Crippen MR) is 101 cm³/mol. The summed E-state index contributed by atoms with van der Waals surface area (Å²) in [5.41, 5.74) is 1.88. The topological polar surface area (TPSA) is 106 Å². The van der Waals surface area contributed by atoms with Crippen molar-refractivity contribution in [1.29, 1.82) is 5.26 Å². The first-order valence-electron chi connectivity index (χ1n) is 7.64. The predicted octanol–water partition coefficient (Wildman–Crippen LogP) is 2.99. The summed E-state index contributed by atoms with van der Waals surface area (Å²) < 4.78 is 33.5. The van der Waals surface area contributed by atoms with E-state index in [4.69, 9.17) is 5.26 Å². The number of ether oxygens (including phenoxy) is 1. The smallest absolute Gasteiger partial charge is 0.367 e. The van der Waals surface area contributed by atoms with Crippen LogP contribution in [0.4, 0.5) is 0 Å². The van der Waals surface area contributed by atoms with Gasteiger partial charge in [-0.2, -0.15) is 13.7 Å². The SMILES string of the molecule is COC(=O)C(=NOS(=O)(=O)Cc1ccc(C#N)cc1)Sc1ccc(C)cc1. The van der Waals surface area contributed by atoms with E-state index in [0.29, 0.717) is 16.0 Å². The fraction of sp³-hybridized carbons (Fsp3) is 0.167. The number of hydrogen-bond acceptors (Lipinski definition) is 8. The van der Waals surface area contributed by atoms with E-state index in [0.717, 1.165) is 17.3 Å². The average molecular weight is 404 g/mol. The second-order valence-electron chi connectivity index (χ2n) is 5.39. The second-order valence-corrected chi connectivity index (χ2v) is 8.00. The Hall–Kier alpha value is -2.83. The third-order valence-corrected chi connectivity index (χ3v) is 5.19. The Balaban J connectivity index is 2.13. The third kappa shape index (κ3) is 6.44. The van der Waals surface area contributed by atoms with Gasteiger partial charge in [0.2, 0.25) is 5.04 Å². The molecule has 0 atom stereocenters. The van der Waals surface area contributed by atoms with Crippen molar-refractivity contribution in [2.45, 2.75) is 17.6 Å². The lowest BCUT2D eigenvalue weighted by molar-refractivity contribution is -0.132. The first kappa shape index (κ1) is 20.5. The largest absolute Gasteiger partial charge is 0.464 e. The van der Waals surface area contributed by atoms with Crippen molar-refractivity contribution in [3.8, 4) is 6.07 Å². The van der Waals surface area contributed by atoms with Gasteiger partial charge in [0.25, 0.3) is 0 Å². The number of rotatable bonds is 5. The highest BCUT2D eigenvalue weighted by Crippen LogP contribution is 2.21. The lowest BCUT2D eigenvalue weighted by Gasteiger charge is -2.06. The summed E-state index contributed by atoms with van der Waals surface area (Å²) in [5.74, 6) is -1.26. The quantitative estimate of drug-likeness (QED) is 0.248. The van der Waals surface area contributed by atoms with Crippen LogP contribution in [0.3, 0.4) is 0 Å². The molecule has 0 radical (unpaired) electrons. The van der Waals surface area contributed by atoms with Crippen molar-refractivity contribution in [3.05, 3.63) is 65.2 Å². The van der Waals surface area contributed by atoms with E-state index in [1.54, 1.807) is 12.1 Å². The zero-order valence-electron chi connectivity index (χ0n) is 14.6. The lowest BCUT2D eigenvalue weighted by atomic mass is 10.2. The number of aryl methyl sites for hydroxylation is 1. The van der Waals surface area contributed by atoms with Crippen molar-refractivity contribution in [3.63, 3.8) is 0 Å². The fourth-order valence-electron chi connectivity index (χ4n) is 1.90. The summed E-state index contributed by atoms with van der Waals surface area (Å²) in [4.78, 5) is 12.5. The minimum Gasteiger partial charge on any atom is -0.464 e. The maximum Gasteiger partial charge on any atom is 0.367 e. The molecule has 0 saturated carbocycles. The normalized spacial score (nSPS) is 11.5. The number of hydrogen-bond donors (Lipinski definition) is 0. The molecule has 0 spiro atoms. The van der Waals surface area contributed by atoms with E-state index in [-0.39, 0.29) is 5.04 Å². The first-order valence-corrected chi connectivity index (χ1v) is 10.0. The number of benzene rings is 2. The minimum atomic E-state index is -4.08. The van der Waals surface area contributed by atoms with Gasteiger partial charge in [-0.25, -0.2) is 4.79 Å². The van der Waals surface area contributed by atoms with E-state index in [2.05, 4.69) is 14.2 Å². The van der Waals surface area contributed by atoms with Crippen LogP contribution in [0.2, 0.25) is 0 Å². The number of methoxy groups -OCH3 is 1. The number of thioether (sulfide) groups is 1. The van der Waals surface area contributed by atoms with Crippen LogP contribution >= 0.6 is 11.8 Å². The average Bonchev–Trinajstić information content (AvgIpc) is 2.66. The molecule has 0 aliphatic heterocycles. The Morgan fingerprint density at radius 1 is 1.15 bits per heavy atom. The number of nitrogens with zero attached hydrogens (tertiary/aromatic N) is 2. The summed E-state index contributed by atoms with van der Waals surface area (Å²) in [6, 6.07) is 15.2. The zero-order chi connectivity index (χ0) is 19.9. The highest BCUT2D eigenvalue weighted by atomic mass is 32.2.